The number of nitrogens with zero attached hydrogens (tertiary/aromatic N) is 1. The molecule has 0 atom stereocenters. The van der Waals surface area contributed by atoms with Crippen molar-refractivity contribution < 1.29 is 4.79 Å². The monoisotopic (exact) mass is 263 g/mol. The summed E-state index contributed by atoms with van der Waals surface area (Å²) >= 11 is 0. The lowest BCUT2D eigenvalue weighted by atomic mass is 10.1. The second kappa shape index (κ2) is 5.01. The zero-order chi connectivity index (χ0) is 13.9. The fraction of sp³-hybridized carbons (Fsp3) is 0. The quantitative estimate of drug-likeness (QED) is 0.698. The minimum atomic E-state index is -0.212. The number of aromatic nitrogens is 1. The summed E-state index contributed by atoms with van der Waals surface area (Å²) in [6, 6.07) is 14.6. The van der Waals surface area contributed by atoms with Crippen molar-refractivity contribution in [1.82, 2.24) is 4.98 Å². The van der Waals surface area contributed by atoms with Gasteiger partial charge in [0.15, 0.2) is 0 Å². The topological polar surface area (TPSA) is 68.0 Å². The van der Waals surface area contributed by atoms with Crippen LogP contribution in [0.15, 0.2) is 60.9 Å². The highest BCUT2D eigenvalue weighted by Crippen LogP contribution is 2.19. The lowest BCUT2D eigenvalue weighted by molar-refractivity contribution is 0.102. The van der Waals surface area contributed by atoms with Gasteiger partial charge in [-0.3, -0.25) is 9.78 Å². The molecule has 3 rings (SSSR count). The van der Waals surface area contributed by atoms with Crippen LogP contribution in [-0.4, -0.2) is 10.9 Å². The van der Waals surface area contributed by atoms with Crippen LogP contribution >= 0.6 is 0 Å². The van der Waals surface area contributed by atoms with Crippen molar-refractivity contribution in [1.29, 1.82) is 0 Å². The number of carbonyl (C=O) groups excluding carboxylic acids is 1. The molecule has 0 unspecified atom stereocenters. The Morgan fingerprint density at radius 2 is 1.90 bits per heavy atom. The molecular weight excluding hydrogens is 250 g/mol. The highest BCUT2D eigenvalue weighted by Gasteiger charge is 2.09. The van der Waals surface area contributed by atoms with Crippen molar-refractivity contribution in [2.45, 2.75) is 0 Å². The zero-order valence-corrected chi connectivity index (χ0v) is 10.7. The van der Waals surface area contributed by atoms with Crippen molar-refractivity contribution in [3.8, 4) is 0 Å². The maximum Gasteiger partial charge on any atom is 0.257 e. The summed E-state index contributed by atoms with van der Waals surface area (Å²) in [4.78, 5) is 16.2. The van der Waals surface area contributed by atoms with Crippen molar-refractivity contribution in [2.24, 2.45) is 0 Å². The first-order valence-electron chi connectivity index (χ1n) is 6.24. The van der Waals surface area contributed by atoms with Crippen molar-refractivity contribution in [3.63, 3.8) is 0 Å². The fourth-order valence-corrected chi connectivity index (χ4v) is 2.06. The van der Waals surface area contributed by atoms with Crippen molar-refractivity contribution >= 4 is 28.1 Å². The van der Waals surface area contributed by atoms with Gasteiger partial charge in [-0.2, -0.15) is 0 Å². The Labute approximate surface area is 116 Å². The molecule has 20 heavy (non-hydrogen) atoms. The Kier molecular flexibility index (Phi) is 3.05. The molecule has 3 N–H and O–H groups in total. The molecular formula is C16H13N3O. The number of fused-ring (bicyclic) bond motifs is 1. The Morgan fingerprint density at radius 1 is 1.05 bits per heavy atom. The van der Waals surface area contributed by atoms with Gasteiger partial charge < -0.3 is 11.1 Å². The number of para-hydroxylation sites is 1. The summed E-state index contributed by atoms with van der Waals surface area (Å²) < 4.78 is 0. The Bertz CT molecular complexity index is 783. The first-order valence-corrected chi connectivity index (χ1v) is 6.24. The lowest BCUT2D eigenvalue weighted by Crippen LogP contribution is -2.13. The molecule has 4 nitrogen and oxygen atoms in total. The number of rotatable bonds is 2. The molecule has 3 aromatic rings. The number of amides is 1. The Hall–Kier alpha value is -2.88. The van der Waals surface area contributed by atoms with E-state index in [0.29, 0.717) is 11.3 Å². The van der Waals surface area contributed by atoms with E-state index in [-0.39, 0.29) is 5.91 Å². The molecule has 1 amide bonds. The minimum Gasteiger partial charge on any atom is -0.398 e. The SMILES string of the molecule is Nc1ccccc1C(=O)Nc1ccc2cnccc2c1. The van der Waals surface area contributed by atoms with Gasteiger partial charge in [-0.1, -0.05) is 18.2 Å². The average Bonchev–Trinajstić information content (AvgIpc) is 2.47. The van der Waals surface area contributed by atoms with Crippen LogP contribution in [-0.2, 0) is 0 Å². The third kappa shape index (κ3) is 2.31. The molecule has 1 heterocycles. The van der Waals surface area contributed by atoms with Crippen LogP contribution in [0.2, 0.25) is 0 Å². The van der Waals surface area contributed by atoms with Crippen molar-refractivity contribution in [2.75, 3.05) is 11.1 Å². The number of nitrogen functional groups attached to an aromatic ring is 1. The van der Waals surface area contributed by atoms with Crippen LogP contribution in [0.25, 0.3) is 10.8 Å². The van der Waals surface area contributed by atoms with Gasteiger partial charge in [-0.25, -0.2) is 0 Å². The average molecular weight is 263 g/mol. The fourth-order valence-electron chi connectivity index (χ4n) is 2.06. The highest BCUT2D eigenvalue weighted by molar-refractivity contribution is 6.08. The molecule has 2 aromatic carbocycles. The van der Waals surface area contributed by atoms with E-state index in [1.165, 1.54) is 0 Å². The highest BCUT2D eigenvalue weighted by atomic mass is 16.1. The number of carbonyl (C=O) groups is 1. The Morgan fingerprint density at radius 3 is 2.75 bits per heavy atom. The summed E-state index contributed by atoms with van der Waals surface area (Å²) in [6.07, 6.45) is 3.51. The summed E-state index contributed by atoms with van der Waals surface area (Å²) in [5.41, 5.74) is 7.47. The van der Waals surface area contributed by atoms with E-state index >= 15 is 0 Å². The minimum absolute atomic E-state index is 0.212. The molecule has 0 fully saturated rings. The maximum absolute atomic E-state index is 12.2. The predicted octanol–water partition coefficient (Wildman–Crippen LogP) is 3.07. The maximum atomic E-state index is 12.2. The van der Waals surface area contributed by atoms with Gasteiger partial charge in [0.1, 0.15) is 0 Å². The first-order chi connectivity index (χ1) is 9.74. The number of anilines is 2. The summed E-state index contributed by atoms with van der Waals surface area (Å²) in [5, 5.41) is 4.91. The second-order valence-electron chi connectivity index (χ2n) is 4.48. The van der Waals surface area contributed by atoms with Crippen LogP contribution in [0.4, 0.5) is 11.4 Å². The predicted molar refractivity (Wildman–Crippen MR) is 80.6 cm³/mol. The van der Waals surface area contributed by atoms with Crippen LogP contribution in [0.5, 0.6) is 0 Å². The summed E-state index contributed by atoms with van der Waals surface area (Å²) in [7, 11) is 0. The number of nitrogens with two attached hydrogens (primary N) is 1. The van der Waals surface area contributed by atoms with Crippen LogP contribution in [0.3, 0.4) is 0 Å². The van der Waals surface area contributed by atoms with E-state index < -0.39 is 0 Å². The van der Waals surface area contributed by atoms with Gasteiger partial charge in [0.2, 0.25) is 0 Å². The number of benzene rings is 2. The smallest absolute Gasteiger partial charge is 0.257 e. The summed E-state index contributed by atoms with van der Waals surface area (Å²) in [6.45, 7) is 0. The Balaban J connectivity index is 1.89. The van der Waals surface area contributed by atoms with Gasteiger partial charge in [0.25, 0.3) is 5.91 Å². The standard InChI is InChI=1S/C16H13N3O/c17-15-4-2-1-3-14(15)16(20)19-13-6-5-12-10-18-8-7-11(12)9-13/h1-10H,17H2,(H,19,20). The van der Waals surface area contributed by atoms with E-state index in [4.69, 9.17) is 5.73 Å². The molecule has 0 saturated heterocycles. The molecule has 0 saturated carbocycles. The van der Waals surface area contributed by atoms with E-state index in [1.54, 1.807) is 36.7 Å². The van der Waals surface area contributed by atoms with E-state index in [1.807, 2.05) is 24.3 Å². The van der Waals surface area contributed by atoms with Gasteiger partial charge in [-0.15, -0.1) is 0 Å². The van der Waals surface area contributed by atoms with Crippen molar-refractivity contribution in [3.05, 3.63) is 66.5 Å². The second-order valence-corrected chi connectivity index (χ2v) is 4.48. The van der Waals surface area contributed by atoms with E-state index in [9.17, 15) is 4.79 Å². The van der Waals surface area contributed by atoms with Gasteiger partial charge >= 0.3 is 0 Å². The lowest BCUT2D eigenvalue weighted by Gasteiger charge is -2.08. The molecule has 0 aliphatic carbocycles. The zero-order valence-electron chi connectivity index (χ0n) is 10.7. The first kappa shape index (κ1) is 12.2. The normalized spacial score (nSPS) is 10.4. The summed E-state index contributed by atoms with van der Waals surface area (Å²) in [5.74, 6) is -0.212. The van der Waals surface area contributed by atoms with Gasteiger partial charge in [0.05, 0.1) is 5.56 Å². The number of hydrogen-bond acceptors (Lipinski definition) is 3. The molecule has 4 heteroatoms. The third-order valence-corrected chi connectivity index (χ3v) is 3.10. The molecule has 0 bridgehead atoms. The number of nitrogens with one attached hydrogen (secondary N) is 1. The number of pyridine rings is 1. The molecule has 98 valence electrons. The molecule has 1 aromatic heterocycles. The largest absolute Gasteiger partial charge is 0.398 e. The molecule has 0 aliphatic heterocycles. The van der Waals surface area contributed by atoms with Crippen LogP contribution in [0.1, 0.15) is 10.4 Å². The number of hydrogen-bond donors (Lipinski definition) is 2. The van der Waals surface area contributed by atoms with Crippen LogP contribution in [0, 0.1) is 0 Å². The van der Waals surface area contributed by atoms with Gasteiger partial charge in [0, 0.05) is 29.2 Å². The van der Waals surface area contributed by atoms with E-state index in [2.05, 4.69) is 10.3 Å². The van der Waals surface area contributed by atoms with Crippen LogP contribution < -0.4 is 11.1 Å². The molecule has 0 aliphatic rings. The van der Waals surface area contributed by atoms with Gasteiger partial charge in [-0.05, 0) is 35.7 Å². The third-order valence-electron chi connectivity index (χ3n) is 3.10. The van der Waals surface area contributed by atoms with E-state index in [0.717, 1.165) is 16.5 Å². The molecule has 0 radical (unpaired) electrons. The molecule has 0 spiro atoms.